The first kappa shape index (κ1) is 24.1. The first-order valence-corrected chi connectivity index (χ1v) is 12.6. The number of nitro benzene ring substituents is 1. The normalized spacial score (nSPS) is 18.4. The number of amides is 1. The van der Waals surface area contributed by atoms with Crippen LogP contribution in [-0.2, 0) is 11.3 Å². The lowest BCUT2D eigenvalue weighted by molar-refractivity contribution is -0.383. The van der Waals surface area contributed by atoms with Crippen LogP contribution >= 0.6 is 0 Å². The number of piperazine rings is 2. The Morgan fingerprint density at radius 1 is 0.944 bits per heavy atom. The zero-order chi connectivity index (χ0) is 25.1. The molecule has 1 amide bonds. The number of carbonyl (C=O) groups is 1. The molecular weight excluding hydrogens is 456 g/mol. The Bertz CT molecular complexity index is 1220. The first-order valence-electron chi connectivity index (χ1n) is 12.6. The average Bonchev–Trinajstić information content (AvgIpc) is 2.92. The fraction of sp³-hybridized carbons (Fsp3) is 0.407. The maximum atomic E-state index is 13.3. The quantitative estimate of drug-likeness (QED) is 0.389. The second kappa shape index (κ2) is 10.6. The molecule has 1 aromatic heterocycles. The summed E-state index contributed by atoms with van der Waals surface area (Å²) in [5.74, 6) is 0.203. The molecule has 0 saturated carbocycles. The lowest BCUT2D eigenvalue weighted by Gasteiger charge is -2.41. The minimum atomic E-state index is -0.361. The number of rotatable bonds is 6. The molecule has 0 unspecified atom stereocenters. The SMILES string of the molecule is C[C@H](C(=O)N1CCN(Cc2ccccc2)CC1)N1CCN(c2ccc([N+](=O)[O-])c3cnccc23)CC1. The Morgan fingerprint density at radius 3 is 2.36 bits per heavy atom. The van der Waals surface area contributed by atoms with Gasteiger partial charge in [-0.25, -0.2) is 0 Å². The third kappa shape index (κ3) is 5.03. The van der Waals surface area contributed by atoms with Gasteiger partial charge in [-0.05, 0) is 24.6 Å². The molecule has 2 aliphatic rings. The second-order valence-corrected chi connectivity index (χ2v) is 9.57. The number of fused-ring (bicyclic) bond motifs is 1. The van der Waals surface area contributed by atoms with E-state index in [9.17, 15) is 14.9 Å². The Kier molecular flexibility index (Phi) is 7.11. The Morgan fingerprint density at radius 2 is 1.67 bits per heavy atom. The van der Waals surface area contributed by atoms with Crippen LogP contribution in [0.25, 0.3) is 10.8 Å². The summed E-state index contributed by atoms with van der Waals surface area (Å²) in [7, 11) is 0. The largest absolute Gasteiger partial charge is 0.368 e. The maximum absolute atomic E-state index is 13.3. The molecule has 2 aliphatic heterocycles. The first-order chi connectivity index (χ1) is 17.5. The van der Waals surface area contributed by atoms with Gasteiger partial charge in [0.2, 0.25) is 5.91 Å². The monoisotopic (exact) mass is 488 g/mol. The van der Waals surface area contributed by atoms with Crippen LogP contribution in [0.5, 0.6) is 0 Å². The van der Waals surface area contributed by atoms with Crippen molar-refractivity contribution in [3.05, 3.63) is 76.6 Å². The zero-order valence-electron chi connectivity index (χ0n) is 20.6. The van der Waals surface area contributed by atoms with Gasteiger partial charge < -0.3 is 9.80 Å². The van der Waals surface area contributed by atoms with E-state index in [4.69, 9.17) is 0 Å². The van der Waals surface area contributed by atoms with Crippen LogP contribution in [-0.4, -0.2) is 88.9 Å². The highest BCUT2D eigenvalue weighted by atomic mass is 16.6. The molecule has 3 aromatic rings. The van der Waals surface area contributed by atoms with Crippen molar-refractivity contribution in [1.82, 2.24) is 19.7 Å². The predicted octanol–water partition coefficient (Wildman–Crippen LogP) is 3.00. The van der Waals surface area contributed by atoms with Crippen molar-refractivity contribution < 1.29 is 9.72 Å². The molecule has 2 aromatic carbocycles. The lowest BCUT2D eigenvalue weighted by atomic mass is 10.1. The Hall–Kier alpha value is -3.56. The molecule has 0 aliphatic carbocycles. The predicted molar refractivity (Wildman–Crippen MR) is 140 cm³/mol. The Balaban J connectivity index is 1.17. The average molecular weight is 489 g/mol. The van der Waals surface area contributed by atoms with Gasteiger partial charge in [-0.2, -0.15) is 0 Å². The van der Waals surface area contributed by atoms with Crippen LogP contribution in [0.15, 0.2) is 60.9 Å². The van der Waals surface area contributed by atoms with E-state index in [1.54, 1.807) is 18.5 Å². The molecule has 2 saturated heterocycles. The highest BCUT2D eigenvalue weighted by Gasteiger charge is 2.31. The summed E-state index contributed by atoms with van der Waals surface area (Å²) in [6.45, 7) is 9.31. The van der Waals surface area contributed by atoms with Gasteiger partial charge in [0, 0.05) is 88.4 Å². The molecule has 36 heavy (non-hydrogen) atoms. The molecule has 2 fully saturated rings. The molecule has 5 rings (SSSR count). The van der Waals surface area contributed by atoms with Gasteiger partial charge in [0.15, 0.2) is 0 Å². The lowest BCUT2D eigenvalue weighted by Crippen LogP contribution is -2.57. The van der Waals surface area contributed by atoms with Crippen molar-refractivity contribution in [2.75, 3.05) is 57.3 Å². The summed E-state index contributed by atoms with van der Waals surface area (Å²) in [5, 5.41) is 12.8. The summed E-state index contributed by atoms with van der Waals surface area (Å²) >= 11 is 0. The molecular formula is C27H32N6O3. The molecule has 0 radical (unpaired) electrons. The number of aromatic nitrogens is 1. The summed E-state index contributed by atoms with van der Waals surface area (Å²) < 4.78 is 0. The Labute approximate surface area is 211 Å². The number of benzene rings is 2. The molecule has 188 valence electrons. The van der Waals surface area contributed by atoms with Crippen LogP contribution in [0.2, 0.25) is 0 Å². The van der Waals surface area contributed by atoms with Crippen LogP contribution in [0, 0.1) is 10.1 Å². The van der Waals surface area contributed by atoms with E-state index < -0.39 is 0 Å². The van der Waals surface area contributed by atoms with Crippen molar-refractivity contribution in [2.24, 2.45) is 0 Å². The maximum Gasteiger partial charge on any atom is 0.278 e. The van der Waals surface area contributed by atoms with Crippen molar-refractivity contribution in [3.63, 3.8) is 0 Å². The molecule has 1 atom stereocenters. The van der Waals surface area contributed by atoms with Gasteiger partial charge in [0.1, 0.15) is 0 Å². The van der Waals surface area contributed by atoms with Crippen molar-refractivity contribution in [1.29, 1.82) is 0 Å². The molecule has 9 heteroatoms. The fourth-order valence-corrected chi connectivity index (χ4v) is 5.33. The highest BCUT2D eigenvalue weighted by Crippen LogP contribution is 2.33. The third-order valence-corrected chi connectivity index (χ3v) is 7.46. The van der Waals surface area contributed by atoms with E-state index in [2.05, 4.69) is 43.9 Å². The summed E-state index contributed by atoms with van der Waals surface area (Å²) in [5.41, 5.74) is 2.36. The smallest absolute Gasteiger partial charge is 0.278 e. The van der Waals surface area contributed by atoms with Crippen LogP contribution in [0.3, 0.4) is 0 Å². The van der Waals surface area contributed by atoms with Crippen LogP contribution in [0.4, 0.5) is 11.4 Å². The summed E-state index contributed by atoms with van der Waals surface area (Å²) in [4.78, 5) is 37.4. The van der Waals surface area contributed by atoms with E-state index in [1.165, 1.54) is 5.56 Å². The van der Waals surface area contributed by atoms with Gasteiger partial charge in [-0.3, -0.25) is 29.7 Å². The van der Waals surface area contributed by atoms with Gasteiger partial charge >= 0.3 is 0 Å². The molecule has 3 heterocycles. The van der Waals surface area contributed by atoms with Crippen molar-refractivity contribution >= 4 is 28.1 Å². The van der Waals surface area contributed by atoms with Gasteiger partial charge in [0.05, 0.1) is 16.4 Å². The highest BCUT2D eigenvalue weighted by molar-refractivity contribution is 5.99. The summed E-state index contributed by atoms with van der Waals surface area (Å²) in [6.07, 6.45) is 3.24. The van der Waals surface area contributed by atoms with Crippen molar-refractivity contribution in [3.8, 4) is 0 Å². The number of nitro groups is 1. The van der Waals surface area contributed by atoms with Gasteiger partial charge in [0.25, 0.3) is 5.69 Å². The topological polar surface area (TPSA) is 86.1 Å². The van der Waals surface area contributed by atoms with Crippen LogP contribution in [0.1, 0.15) is 12.5 Å². The number of pyridine rings is 1. The zero-order valence-corrected chi connectivity index (χ0v) is 20.6. The number of non-ortho nitro benzene ring substituents is 1. The number of hydrogen-bond donors (Lipinski definition) is 0. The second-order valence-electron chi connectivity index (χ2n) is 9.57. The standard InChI is InChI=1S/C27H32N6O3/c1-21(27(34)32-13-11-29(12-14-32)20-22-5-3-2-4-6-22)30-15-17-31(18-16-30)25-7-8-26(33(35)36)24-19-28-10-9-23(24)25/h2-10,19,21H,11-18,20H2,1H3/t21-/m1/s1. The van der Waals surface area contributed by atoms with Gasteiger partial charge in [-0.15, -0.1) is 0 Å². The van der Waals surface area contributed by atoms with E-state index >= 15 is 0 Å². The number of anilines is 1. The molecule has 9 nitrogen and oxygen atoms in total. The third-order valence-electron chi connectivity index (χ3n) is 7.46. The minimum Gasteiger partial charge on any atom is -0.368 e. The van der Waals surface area contributed by atoms with Crippen LogP contribution < -0.4 is 4.90 Å². The van der Waals surface area contributed by atoms with Gasteiger partial charge in [-0.1, -0.05) is 30.3 Å². The van der Waals surface area contributed by atoms with E-state index in [-0.39, 0.29) is 22.6 Å². The molecule has 0 spiro atoms. The summed E-state index contributed by atoms with van der Waals surface area (Å²) in [6, 6.07) is 15.5. The van der Waals surface area contributed by atoms with E-state index in [1.807, 2.05) is 30.0 Å². The number of carbonyl (C=O) groups excluding carboxylic acids is 1. The minimum absolute atomic E-state index is 0.0728. The molecule has 0 N–H and O–H groups in total. The number of hydrogen-bond acceptors (Lipinski definition) is 7. The van der Waals surface area contributed by atoms with E-state index in [0.29, 0.717) is 5.39 Å². The van der Waals surface area contributed by atoms with E-state index in [0.717, 1.165) is 70.0 Å². The van der Waals surface area contributed by atoms with Crippen molar-refractivity contribution in [2.45, 2.75) is 19.5 Å². The fourth-order valence-electron chi connectivity index (χ4n) is 5.33. The number of nitrogens with zero attached hydrogens (tertiary/aromatic N) is 6. The molecule has 0 bridgehead atoms.